The van der Waals surface area contributed by atoms with Crippen molar-refractivity contribution >= 4 is 8.07 Å². The van der Waals surface area contributed by atoms with Gasteiger partial charge >= 0.3 is 0 Å². The number of nitrogens with two attached hydrogens (primary N) is 1. The van der Waals surface area contributed by atoms with Crippen molar-refractivity contribution in [2.24, 2.45) is 5.73 Å². The Morgan fingerprint density at radius 3 is 1.75 bits per heavy atom. The molecule has 0 bridgehead atoms. The molecule has 0 aliphatic heterocycles. The summed E-state index contributed by atoms with van der Waals surface area (Å²) >= 11 is 0. The molecular formula is C10H25NSi. The van der Waals surface area contributed by atoms with Crippen LogP contribution in [0.25, 0.3) is 0 Å². The number of hydrogen-bond acceptors (Lipinski definition) is 1. The lowest BCUT2D eigenvalue weighted by atomic mass is 10.3. The Kier molecular flexibility index (Phi) is 5.84. The fourth-order valence-corrected chi connectivity index (χ4v) is 5.44. The lowest BCUT2D eigenvalue weighted by Gasteiger charge is -2.28. The summed E-state index contributed by atoms with van der Waals surface area (Å²) < 4.78 is 0. The van der Waals surface area contributed by atoms with Gasteiger partial charge < -0.3 is 5.73 Å². The molecule has 0 spiro atoms. The Hall–Kier alpha value is 0.177. The number of hydrogen-bond donors (Lipinski definition) is 1. The van der Waals surface area contributed by atoms with Gasteiger partial charge in [-0.1, -0.05) is 44.9 Å². The van der Waals surface area contributed by atoms with Crippen LogP contribution in [0.2, 0.25) is 24.2 Å². The summed E-state index contributed by atoms with van der Waals surface area (Å²) in [5, 5.41) is 0. The fourth-order valence-electron chi connectivity index (χ4n) is 1.81. The first kappa shape index (κ1) is 12.2. The van der Waals surface area contributed by atoms with Gasteiger partial charge in [-0.3, -0.25) is 0 Å². The van der Waals surface area contributed by atoms with Crippen LogP contribution in [-0.4, -0.2) is 14.1 Å². The van der Waals surface area contributed by atoms with Gasteiger partial charge in [-0.2, -0.15) is 0 Å². The van der Waals surface area contributed by atoms with Gasteiger partial charge in [0.1, 0.15) is 0 Å². The van der Waals surface area contributed by atoms with E-state index in [0.717, 1.165) is 0 Å². The van der Waals surface area contributed by atoms with Crippen molar-refractivity contribution in [3.63, 3.8) is 0 Å². The first-order valence-electron chi connectivity index (χ1n) is 5.35. The first-order chi connectivity index (χ1) is 5.60. The topological polar surface area (TPSA) is 26.0 Å². The molecule has 2 heteroatoms. The van der Waals surface area contributed by atoms with Gasteiger partial charge in [0, 0.05) is 6.04 Å². The van der Waals surface area contributed by atoms with Crippen LogP contribution in [0.15, 0.2) is 0 Å². The molecule has 0 radical (unpaired) electrons. The normalized spacial score (nSPS) is 14.8. The van der Waals surface area contributed by atoms with Crippen LogP contribution in [0, 0.1) is 0 Å². The largest absolute Gasteiger partial charge is 0.328 e. The lowest BCUT2D eigenvalue weighted by Crippen LogP contribution is -2.33. The van der Waals surface area contributed by atoms with Crippen molar-refractivity contribution < 1.29 is 0 Å². The molecule has 0 aromatic heterocycles. The van der Waals surface area contributed by atoms with Crippen LogP contribution in [0.1, 0.15) is 34.1 Å². The molecule has 0 saturated heterocycles. The lowest BCUT2D eigenvalue weighted by molar-refractivity contribution is 0.702. The molecule has 0 unspecified atom stereocenters. The first-order valence-corrected chi connectivity index (χ1v) is 8.18. The van der Waals surface area contributed by atoms with Crippen LogP contribution in [-0.2, 0) is 0 Å². The molecule has 0 saturated carbocycles. The van der Waals surface area contributed by atoms with E-state index in [1.165, 1.54) is 30.6 Å². The second kappa shape index (κ2) is 5.76. The van der Waals surface area contributed by atoms with E-state index in [-0.39, 0.29) is 0 Å². The van der Waals surface area contributed by atoms with E-state index in [4.69, 9.17) is 5.73 Å². The molecule has 0 rings (SSSR count). The molecule has 0 aliphatic carbocycles. The Morgan fingerprint density at radius 1 is 1.08 bits per heavy atom. The minimum atomic E-state index is -0.860. The molecule has 0 aromatic rings. The second-order valence-corrected chi connectivity index (χ2v) is 9.70. The maximum absolute atomic E-state index is 5.79. The molecule has 74 valence electrons. The van der Waals surface area contributed by atoms with Crippen LogP contribution >= 0.6 is 0 Å². The Bertz CT molecular complexity index is 100. The van der Waals surface area contributed by atoms with Gasteiger partial charge in [0.25, 0.3) is 0 Å². The zero-order valence-electron chi connectivity index (χ0n) is 9.19. The highest BCUT2D eigenvalue weighted by Crippen LogP contribution is 2.26. The molecule has 0 aliphatic rings. The molecule has 12 heavy (non-hydrogen) atoms. The number of rotatable bonds is 6. The standard InChI is InChI=1S/C10H25NSi/c1-5-12(6-2,7-3)9-8-10(4)11/h10H,5-9,11H2,1-4H3/t10-/m0/s1. The molecular weight excluding hydrogens is 162 g/mol. The van der Waals surface area contributed by atoms with Crippen molar-refractivity contribution in [1.29, 1.82) is 0 Å². The minimum Gasteiger partial charge on any atom is -0.328 e. The van der Waals surface area contributed by atoms with E-state index in [0.29, 0.717) is 6.04 Å². The van der Waals surface area contributed by atoms with Gasteiger partial charge in [-0.15, -0.1) is 0 Å². The van der Waals surface area contributed by atoms with Crippen LogP contribution in [0.5, 0.6) is 0 Å². The maximum atomic E-state index is 5.79. The van der Waals surface area contributed by atoms with Crippen molar-refractivity contribution in [1.82, 2.24) is 0 Å². The Labute approximate surface area is 78.7 Å². The van der Waals surface area contributed by atoms with Gasteiger partial charge in [-0.25, -0.2) is 0 Å². The zero-order valence-corrected chi connectivity index (χ0v) is 10.2. The minimum absolute atomic E-state index is 0.404. The van der Waals surface area contributed by atoms with E-state index in [9.17, 15) is 0 Å². The van der Waals surface area contributed by atoms with Gasteiger partial charge in [0.05, 0.1) is 8.07 Å². The molecule has 0 fully saturated rings. The summed E-state index contributed by atoms with van der Waals surface area (Å²) in [5.41, 5.74) is 5.79. The summed E-state index contributed by atoms with van der Waals surface area (Å²) in [6, 6.07) is 6.15. The summed E-state index contributed by atoms with van der Waals surface area (Å²) in [6.45, 7) is 9.21. The predicted octanol–water partition coefficient (Wildman–Crippen LogP) is 3.23. The predicted molar refractivity (Wildman–Crippen MR) is 60.3 cm³/mol. The maximum Gasteiger partial charge on any atom is 0.0528 e. The third-order valence-corrected chi connectivity index (χ3v) is 9.23. The van der Waals surface area contributed by atoms with E-state index in [2.05, 4.69) is 27.7 Å². The van der Waals surface area contributed by atoms with Crippen molar-refractivity contribution in [3.05, 3.63) is 0 Å². The van der Waals surface area contributed by atoms with Crippen LogP contribution < -0.4 is 5.73 Å². The van der Waals surface area contributed by atoms with Crippen molar-refractivity contribution in [3.8, 4) is 0 Å². The van der Waals surface area contributed by atoms with Crippen LogP contribution in [0.3, 0.4) is 0 Å². The molecule has 0 amide bonds. The quantitative estimate of drug-likeness (QED) is 0.635. The monoisotopic (exact) mass is 187 g/mol. The second-order valence-electron chi connectivity index (χ2n) is 4.08. The molecule has 0 aromatic carbocycles. The fraction of sp³-hybridized carbons (Fsp3) is 1.00. The highest BCUT2D eigenvalue weighted by Gasteiger charge is 2.25. The Balaban J connectivity index is 3.93. The van der Waals surface area contributed by atoms with Crippen molar-refractivity contribution in [2.45, 2.75) is 64.3 Å². The smallest absolute Gasteiger partial charge is 0.0528 e. The molecule has 2 N–H and O–H groups in total. The molecule has 0 heterocycles. The molecule has 1 nitrogen and oxygen atoms in total. The average Bonchev–Trinajstić information content (AvgIpc) is 2.08. The third-order valence-electron chi connectivity index (χ3n) is 3.38. The zero-order chi connectivity index (χ0) is 9.61. The third kappa shape index (κ3) is 3.72. The van der Waals surface area contributed by atoms with E-state index >= 15 is 0 Å². The summed E-state index contributed by atoms with van der Waals surface area (Å²) in [4.78, 5) is 0. The molecule has 1 atom stereocenters. The van der Waals surface area contributed by atoms with E-state index in [1.54, 1.807) is 0 Å². The highest BCUT2D eigenvalue weighted by atomic mass is 28.3. The van der Waals surface area contributed by atoms with E-state index < -0.39 is 8.07 Å². The van der Waals surface area contributed by atoms with Crippen molar-refractivity contribution in [2.75, 3.05) is 0 Å². The summed E-state index contributed by atoms with van der Waals surface area (Å²) in [6.07, 6.45) is 1.24. The Morgan fingerprint density at radius 2 is 1.50 bits per heavy atom. The van der Waals surface area contributed by atoms with Crippen LogP contribution in [0.4, 0.5) is 0 Å². The van der Waals surface area contributed by atoms with E-state index in [1.807, 2.05) is 0 Å². The van der Waals surface area contributed by atoms with Gasteiger partial charge in [0.15, 0.2) is 0 Å². The summed E-state index contributed by atoms with van der Waals surface area (Å²) in [5.74, 6) is 0. The summed E-state index contributed by atoms with van der Waals surface area (Å²) in [7, 11) is -0.860. The van der Waals surface area contributed by atoms with Gasteiger partial charge in [0.2, 0.25) is 0 Å². The SMILES string of the molecule is CC[Si](CC)(CC)CC[C@H](C)N. The average molecular weight is 187 g/mol. The highest BCUT2D eigenvalue weighted by molar-refractivity contribution is 6.79. The van der Waals surface area contributed by atoms with Gasteiger partial charge in [-0.05, 0) is 13.3 Å².